The van der Waals surface area contributed by atoms with Gasteiger partial charge in [0.25, 0.3) is 0 Å². The van der Waals surface area contributed by atoms with Crippen molar-refractivity contribution in [3.8, 4) is 62.9 Å². The van der Waals surface area contributed by atoms with Crippen LogP contribution in [0.1, 0.15) is 31.1 Å². The molecule has 0 aliphatic carbocycles. The van der Waals surface area contributed by atoms with Crippen molar-refractivity contribution in [2.45, 2.75) is 30.7 Å². The number of phenols is 9. The third kappa shape index (κ3) is 5.07. The van der Waals surface area contributed by atoms with Gasteiger partial charge in [-0.05, 0) is 24.3 Å². The van der Waals surface area contributed by atoms with Crippen LogP contribution >= 0.6 is 0 Å². The fraction of sp³-hybridized carbons (Fsp3) is 0.222. The Morgan fingerprint density at radius 1 is 0.667 bits per heavy atom. The molecule has 0 saturated carbocycles. The van der Waals surface area contributed by atoms with Crippen LogP contribution in [0.25, 0.3) is 11.1 Å². The number of esters is 3. The topological polar surface area (TPSA) is 311 Å². The number of hydrogen-bond donors (Lipinski definition) is 11. The molecule has 1 saturated heterocycles. The van der Waals surface area contributed by atoms with Crippen molar-refractivity contribution in [3.05, 3.63) is 41.0 Å². The van der Waals surface area contributed by atoms with E-state index in [1.807, 2.05) is 0 Å². The first kappa shape index (κ1) is 30.6. The fourth-order valence-corrected chi connectivity index (χ4v) is 4.71. The predicted octanol–water partition coefficient (Wildman–Crippen LogP) is -0.297. The van der Waals surface area contributed by atoms with E-state index in [9.17, 15) is 70.6 Å². The van der Waals surface area contributed by atoms with Gasteiger partial charge in [-0.25, -0.2) is 14.4 Å². The average molecular weight is 634 g/mol. The summed E-state index contributed by atoms with van der Waals surface area (Å²) in [5.41, 5.74) is -4.12. The van der Waals surface area contributed by atoms with Crippen LogP contribution in [0.15, 0.2) is 24.3 Å². The van der Waals surface area contributed by atoms with Crippen molar-refractivity contribution >= 4 is 17.9 Å². The lowest BCUT2D eigenvalue weighted by atomic mass is 9.91. The van der Waals surface area contributed by atoms with Crippen LogP contribution in [0.3, 0.4) is 0 Å². The van der Waals surface area contributed by atoms with Crippen LogP contribution in [-0.4, -0.2) is 111 Å². The largest absolute Gasteiger partial charge is 0.504 e. The Hall–Kier alpha value is -5.85. The highest BCUT2D eigenvalue weighted by molar-refractivity contribution is 6.08. The lowest BCUT2D eigenvalue weighted by Gasteiger charge is -2.41. The monoisotopic (exact) mass is 634 g/mol. The van der Waals surface area contributed by atoms with Crippen LogP contribution in [0.4, 0.5) is 0 Å². The molecule has 0 spiro atoms. The number of fused-ring (bicyclic) bond motifs is 5. The number of carbonyl (C=O) groups excluding carboxylic acids is 3. The van der Waals surface area contributed by atoms with Gasteiger partial charge in [-0.2, -0.15) is 0 Å². The second-order valence-corrected chi connectivity index (χ2v) is 9.79. The lowest BCUT2D eigenvalue weighted by molar-refractivity contribution is -0.284. The molecule has 18 nitrogen and oxygen atoms in total. The molecule has 11 N–H and O–H groups in total. The highest BCUT2D eigenvalue weighted by Gasteiger charge is 2.50. The van der Waals surface area contributed by atoms with E-state index in [-0.39, 0.29) is 0 Å². The van der Waals surface area contributed by atoms with Crippen LogP contribution in [0.2, 0.25) is 0 Å². The zero-order chi connectivity index (χ0) is 33.1. The average Bonchev–Trinajstić information content (AvgIpc) is 2.99. The molecule has 238 valence electrons. The maximum absolute atomic E-state index is 13.5. The summed E-state index contributed by atoms with van der Waals surface area (Å²) in [6.07, 6.45) is -10.2. The SMILES string of the molecule is O=C(O[C@@H]1OC2COC(=O)c3cc(O)c(O)c(O)c3-c3c(cc(O)c(O)c3O)C(=O)O[C@H](C1O)[C@H]2O)c1cc(O)c(O)c(O)c1. The number of hydrogen-bond acceptors (Lipinski definition) is 18. The zero-order valence-electron chi connectivity index (χ0n) is 22.2. The molecule has 0 amide bonds. The molecule has 3 aromatic carbocycles. The van der Waals surface area contributed by atoms with Crippen molar-refractivity contribution in [2.75, 3.05) is 6.61 Å². The Labute approximate surface area is 248 Å². The Kier molecular flexibility index (Phi) is 7.49. The van der Waals surface area contributed by atoms with Crippen LogP contribution in [-0.2, 0) is 18.9 Å². The van der Waals surface area contributed by atoms with E-state index < -0.39 is 135 Å². The minimum atomic E-state index is -2.22. The summed E-state index contributed by atoms with van der Waals surface area (Å²) in [5, 5.41) is 113. The van der Waals surface area contributed by atoms with Crippen LogP contribution in [0, 0.1) is 0 Å². The highest BCUT2D eigenvalue weighted by Crippen LogP contribution is 2.53. The molecule has 45 heavy (non-hydrogen) atoms. The minimum absolute atomic E-state index is 0.508. The maximum Gasteiger partial charge on any atom is 0.340 e. The summed E-state index contributed by atoms with van der Waals surface area (Å²) in [4.78, 5) is 39.4. The molecule has 2 heterocycles. The first-order chi connectivity index (χ1) is 21.1. The van der Waals surface area contributed by atoms with E-state index in [1.165, 1.54) is 0 Å². The third-order valence-electron chi connectivity index (χ3n) is 6.99. The fourth-order valence-electron chi connectivity index (χ4n) is 4.71. The quantitative estimate of drug-likeness (QED) is 0.0979. The number of aliphatic hydroxyl groups is 2. The molecule has 1 fully saturated rings. The van der Waals surface area contributed by atoms with Gasteiger partial charge in [0.15, 0.2) is 52.5 Å². The Balaban J connectivity index is 1.61. The maximum atomic E-state index is 13.5. The van der Waals surface area contributed by atoms with Crippen LogP contribution in [0.5, 0.6) is 51.7 Å². The molecule has 18 heteroatoms. The molecule has 0 radical (unpaired) electrons. The minimum Gasteiger partial charge on any atom is -0.504 e. The first-order valence-electron chi connectivity index (χ1n) is 12.5. The molecule has 3 aromatic rings. The first-order valence-corrected chi connectivity index (χ1v) is 12.5. The standard InChI is InChI=1S/C27H22O18/c28-9-1-6(2-10(29)16(9)32)24(39)45-27-22(38)23-19(35)13(43-27)5-42-25(40)7-3-11(30)17(33)20(36)14(7)15-8(26(41)44-23)4-12(31)18(34)21(15)37/h1-4,13,19,22-23,27-38H,5H2/t13?,19-,22?,23-,27-/m0/s1. The summed E-state index contributed by atoms with van der Waals surface area (Å²) < 4.78 is 20.8. The summed E-state index contributed by atoms with van der Waals surface area (Å²) in [5.74, 6) is -14.5. The van der Waals surface area contributed by atoms with Crippen LogP contribution < -0.4 is 0 Å². The van der Waals surface area contributed by atoms with E-state index in [1.54, 1.807) is 0 Å². The number of benzene rings is 3. The molecular formula is C27H22O18. The van der Waals surface area contributed by atoms with Gasteiger partial charge >= 0.3 is 17.9 Å². The van der Waals surface area contributed by atoms with Gasteiger partial charge in [0, 0.05) is 11.1 Å². The van der Waals surface area contributed by atoms with Gasteiger partial charge in [-0.1, -0.05) is 0 Å². The number of ether oxygens (including phenoxy) is 4. The zero-order valence-corrected chi connectivity index (χ0v) is 22.2. The van der Waals surface area contributed by atoms with Crippen molar-refractivity contribution < 1.29 is 89.5 Å². The van der Waals surface area contributed by atoms with E-state index in [0.717, 1.165) is 0 Å². The molecule has 5 rings (SSSR count). The predicted molar refractivity (Wildman–Crippen MR) is 139 cm³/mol. The van der Waals surface area contributed by atoms with Gasteiger partial charge in [-0.3, -0.25) is 0 Å². The van der Waals surface area contributed by atoms with Crippen molar-refractivity contribution in [3.63, 3.8) is 0 Å². The summed E-state index contributed by atoms with van der Waals surface area (Å²) in [6.45, 7) is -0.947. The van der Waals surface area contributed by atoms with Crippen molar-refractivity contribution in [1.29, 1.82) is 0 Å². The van der Waals surface area contributed by atoms with Gasteiger partial charge in [-0.15, -0.1) is 0 Å². The van der Waals surface area contributed by atoms with E-state index in [2.05, 4.69) is 0 Å². The molecule has 2 bridgehead atoms. The number of carbonyl (C=O) groups is 3. The Morgan fingerprint density at radius 2 is 1.16 bits per heavy atom. The summed E-state index contributed by atoms with van der Waals surface area (Å²) in [7, 11) is 0. The molecule has 2 unspecified atom stereocenters. The summed E-state index contributed by atoms with van der Waals surface area (Å²) in [6, 6.07) is 2.45. The third-order valence-corrected chi connectivity index (χ3v) is 6.99. The van der Waals surface area contributed by atoms with Crippen molar-refractivity contribution in [1.82, 2.24) is 0 Å². The second kappa shape index (κ2) is 11.0. The normalized spacial score (nSPS) is 22.9. The van der Waals surface area contributed by atoms with Gasteiger partial charge in [0.1, 0.15) is 18.8 Å². The Morgan fingerprint density at radius 3 is 1.69 bits per heavy atom. The highest BCUT2D eigenvalue weighted by atomic mass is 16.7. The molecule has 2 aliphatic heterocycles. The van der Waals surface area contributed by atoms with Gasteiger partial charge in [0.05, 0.1) is 16.7 Å². The van der Waals surface area contributed by atoms with Gasteiger partial charge < -0.3 is 75.1 Å². The van der Waals surface area contributed by atoms with E-state index in [4.69, 9.17) is 18.9 Å². The molecule has 0 aromatic heterocycles. The summed E-state index contributed by atoms with van der Waals surface area (Å²) >= 11 is 0. The molecule has 5 atom stereocenters. The molecule has 2 aliphatic rings. The number of aromatic hydroxyl groups is 9. The number of phenolic OH excluding ortho intramolecular Hbond substituents is 9. The van der Waals surface area contributed by atoms with Crippen molar-refractivity contribution in [2.24, 2.45) is 0 Å². The van der Waals surface area contributed by atoms with E-state index in [0.29, 0.717) is 24.3 Å². The second-order valence-electron chi connectivity index (χ2n) is 9.79. The van der Waals surface area contributed by atoms with Gasteiger partial charge in [0.2, 0.25) is 17.8 Å². The smallest absolute Gasteiger partial charge is 0.340 e. The Bertz CT molecular complexity index is 1730. The number of cyclic esters (lactones) is 1. The number of rotatable bonds is 2. The lowest BCUT2D eigenvalue weighted by Crippen LogP contribution is -2.61. The van der Waals surface area contributed by atoms with E-state index >= 15 is 0 Å². The molecular weight excluding hydrogens is 612 g/mol. The number of aliphatic hydroxyl groups excluding tert-OH is 2.